The van der Waals surface area contributed by atoms with Crippen molar-refractivity contribution >= 4 is 35.1 Å². The highest BCUT2D eigenvalue weighted by Crippen LogP contribution is 2.25. The Balaban J connectivity index is 1.46. The number of hydrogen-bond donors (Lipinski definition) is 2. The van der Waals surface area contributed by atoms with Crippen LogP contribution in [0.4, 0.5) is 5.69 Å². The SMILES string of the molecule is O=C(Nc1ccc2c(ccn2-c2ccc3c(c2)B(O)OC3)c1)c1ccccc1. The molecule has 1 aliphatic rings. The number of carbonyl (C=O) groups is 1. The molecule has 0 saturated carbocycles. The number of nitrogens with one attached hydrogen (secondary N) is 1. The summed E-state index contributed by atoms with van der Waals surface area (Å²) in [7, 11) is -0.864. The zero-order chi connectivity index (χ0) is 19.1. The average molecular weight is 368 g/mol. The number of nitrogens with zero attached hydrogens (tertiary/aromatic N) is 1. The van der Waals surface area contributed by atoms with E-state index in [4.69, 9.17) is 4.65 Å². The van der Waals surface area contributed by atoms with Crippen molar-refractivity contribution in [3.63, 3.8) is 0 Å². The molecule has 1 amide bonds. The molecule has 1 aromatic heterocycles. The largest absolute Gasteiger partial charge is 0.491 e. The van der Waals surface area contributed by atoms with E-state index in [1.165, 1.54) is 0 Å². The Hall–Kier alpha value is -3.35. The Kier molecular flexibility index (Phi) is 4.00. The Morgan fingerprint density at radius 3 is 2.75 bits per heavy atom. The van der Waals surface area contributed by atoms with E-state index in [2.05, 4.69) is 9.88 Å². The number of aromatic nitrogens is 1. The highest BCUT2D eigenvalue weighted by molar-refractivity contribution is 6.61. The minimum Gasteiger partial charge on any atom is -0.423 e. The molecule has 0 unspecified atom stereocenters. The monoisotopic (exact) mass is 368 g/mol. The smallest absolute Gasteiger partial charge is 0.423 e. The predicted octanol–water partition coefficient (Wildman–Crippen LogP) is 3.10. The van der Waals surface area contributed by atoms with Gasteiger partial charge in [0.25, 0.3) is 5.91 Å². The second-order valence-electron chi connectivity index (χ2n) is 6.83. The molecule has 1 aliphatic heterocycles. The van der Waals surface area contributed by atoms with Crippen molar-refractivity contribution < 1.29 is 14.5 Å². The lowest BCUT2D eigenvalue weighted by atomic mass is 9.79. The van der Waals surface area contributed by atoms with Crippen LogP contribution in [0, 0.1) is 0 Å². The molecule has 0 bridgehead atoms. The Morgan fingerprint density at radius 1 is 1.04 bits per heavy atom. The highest BCUT2D eigenvalue weighted by atomic mass is 16.5. The van der Waals surface area contributed by atoms with E-state index in [1.54, 1.807) is 12.1 Å². The van der Waals surface area contributed by atoms with Crippen molar-refractivity contribution in [2.45, 2.75) is 6.61 Å². The first-order valence-electron chi connectivity index (χ1n) is 9.09. The van der Waals surface area contributed by atoms with Crippen molar-refractivity contribution in [3.8, 4) is 5.69 Å². The normalized spacial score (nSPS) is 13.0. The molecule has 136 valence electrons. The second-order valence-corrected chi connectivity index (χ2v) is 6.83. The lowest BCUT2D eigenvalue weighted by Crippen LogP contribution is -2.28. The lowest BCUT2D eigenvalue weighted by Gasteiger charge is -2.09. The molecule has 5 nitrogen and oxygen atoms in total. The lowest BCUT2D eigenvalue weighted by molar-refractivity contribution is 0.102. The van der Waals surface area contributed by atoms with Crippen molar-refractivity contribution in [3.05, 3.63) is 90.1 Å². The first-order chi connectivity index (χ1) is 13.7. The number of carbonyl (C=O) groups excluding carboxylic acids is 1. The van der Waals surface area contributed by atoms with Gasteiger partial charge in [-0.15, -0.1) is 0 Å². The van der Waals surface area contributed by atoms with Crippen LogP contribution in [0.3, 0.4) is 0 Å². The third-order valence-electron chi connectivity index (χ3n) is 5.05. The van der Waals surface area contributed by atoms with Crippen LogP contribution in [0.1, 0.15) is 15.9 Å². The van der Waals surface area contributed by atoms with Crippen LogP contribution in [0.15, 0.2) is 79.0 Å². The maximum absolute atomic E-state index is 12.4. The molecule has 0 atom stereocenters. The molecule has 5 rings (SSSR count). The molecule has 2 heterocycles. The summed E-state index contributed by atoms with van der Waals surface area (Å²) in [6.07, 6.45) is 1.98. The third-order valence-corrected chi connectivity index (χ3v) is 5.05. The van der Waals surface area contributed by atoms with Crippen LogP contribution >= 0.6 is 0 Å². The topological polar surface area (TPSA) is 63.5 Å². The van der Waals surface area contributed by atoms with Gasteiger partial charge in [-0.3, -0.25) is 4.79 Å². The van der Waals surface area contributed by atoms with E-state index < -0.39 is 7.12 Å². The molecule has 0 fully saturated rings. The van der Waals surface area contributed by atoms with Crippen LogP contribution in [-0.2, 0) is 11.3 Å². The summed E-state index contributed by atoms with van der Waals surface area (Å²) >= 11 is 0. The number of anilines is 1. The quantitative estimate of drug-likeness (QED) is 0.547. The van der Waals surface area contributed by atoms with Gasteiger partial charge in [0, 0.05) is 28.5 Å². The standard InChI is InChI=1S/C22H17BN2O3/c26-22(15-4-2-1-3-5-15)24-18-7-9-21-16(12-18)10-11-25(21)19-8-6-17-14-28-23(27)20(17)13-19/h1-13,27H,14H2,(H,24,26). The van der Waals surface area contributed by atoms with Gasteiger partial charge in [-0.05, 0) is 59.6 Å². The van der Waals surface area contributed by atoms with Gasteiger partial charge in [-0.25, -0.2) is 0 Å². The van der Waals surface area contributed by atoms with Crippen LogP contribution in [-0.4, -0.2) is 22.6 Å². The molecule has 3 aromatic carbocycles. The molecule has 0 spiro atoms. The molecule has 0 aliphatic carbocycles. The Labute approximate surface area is 162 Å². The predicted molar refractivity (Wildman–Crippen MR) is 110 cm³/mol. The number of amides is 1. The summed E-state index contributed by atoms with van der Waals surface area (Å²) < 4.78 is 7.34. The maximum Gasteiger partial charge on any atom is 0.491 e. The third kappa shape index (κ3) is 2.89. The van der Waals surface area contributed by atoms with Crippen molar-refractivity contribution in [2.24, 2.45) is 0 Å². The fourth-order valence-electron chi connectivity index (χ4n) is 3.59. The summed E-state index contributed by atoms with van der Waals surface area (Å²) in [4.78, 5) is 12.4. The van der Waals surface area contributed by atoms with E-state index in [0.717, 1.165) is 33.3 Å². The van der Waals surface area contributed by atoms with Gasteiger partial charge >= 0.3 is 7.12 Å². The molecule has 28 heavy (non-hydrogen) atoms. The molecular weight excluding hydrogens is 351 g/mol. The number of fused-ring (bicyclic) bond motifs is 2. The zero-order valence-corrected chi connectivity index (χ0v) is 15.0. The summed E-state index contributed by atoms with van der Waals surface area (Å²) in [5.41, 5.74) is 5.17. The summed E-state index contributed by atoms with van der Waals surface area (Å²) in [6, 6.07) is 23.0. The molecule has 2 N–H and O–H groups in total. The maximum atomic E-state index is 12.4. The van der Waals surface area contributed by atoms with Crippen LogP contribution in [0.25, 0.3) is 16.6 Å². The van der Waals surface area contributed by atoms with Gasteiger partial charge in [0.2, 0.25) is 0 Å². The first-order valence-corrected chi connectivity index (χ1v) is 9.09. The Morgan fingerprint density at radius 2 is 1.89 bits per heavy atom. The van der Waals surface area contributed by atoms with Gasteiger partial charge in [0.15, 0.2) is 0 Å². The van der Waals surface area contributed by atoms with Crippen LogP contribution in [0.5, 0.6) is 0 Å². The van der Waals surface area contributed by atoms with Gasteiger partial charge < -0.3 is 19.6 Å². The minimum absolute atomic E-state index is 0.132. The summed E-state index contributed by atoms with van der Waals surface area (Å²) in [5.74, 6) is -0.132. The molecule has 0 saturated heterocycles. The highest BCUT2D eigenvalue weighted by Gasteiger charge is 2.27. The van der Waals surface area contributed by atoms with Gasteiger partial charge in [0.05, 0.1) is 12.1 Å². The second kappa shape index (κ2) is 6.67. The number of rotatable bonds is 3. The summed E-state index contributed by atoms with van der Waals surface area (Å²) in [5, 5.41) is 13.9. The van der Waals surface area contributed by atoms with E-state index in [-0.39, 0.29) is 5.91 Å². The van der Waals surface area contributed by atoms with Crippen LogP contribution in [0.2, 0.25) is 0 Å². The van der Waals surface area contributed by atoms with E-state index in [9.17, 15) is 9.82 Å². The van der Waals surface area contributed by atoms with Crippen molar-refractivity contribution in [1.82, 2.24) is 4.57 Å². The summed E-state index contributed by atoms with van der Waals surface area (Å²) in [6.45, 7) is 0.438. The number of hydrogen-bond acceptors (Lipinski definition) is 3. The molecule has 0 radical (unpaired) electrons. The fraction of sp³-hybridized carbons (Fsp3) is 0.0455. The average Bonchev–Trinajstić information content (AvgIpc) is 3.32. The van der Waals surface area contributed by atoms with E-state index in [1.807, 2.05) is 66.9 Å². The zero-order valence-electron chi connectivity index (χ0n) is 15.0. The van der Waals surface area contributed by atoms with E-state index >= 15 is 0 Å². The molecule has 6 heteroatoms. The number of benzene rings is 3. The van der Waals surface area contributed by atoms with Gasteiger partial charge in [-0.2, -0.15) is 0 Å². The van der Waals surface area contributed by atoms with Crippen molar-refractivity contribution in [2.75, 3.05) is 5.32 Å². The fourth-order valence-corrected chi connectivity index (χ4v) is 3.59. The molecular formula is C22H17BN2O3. The van der Waals surface area contributed by atoms with Crippen molar-refractivity contribution in [1.29, 1.82) is 0 Å². The van der Waals surface area contributed by atoms with Crippen LogP contribution < -0.4 is 10.8 Å². The Bertz CT molecular complexity index is 1190. The van der Waals surface area contributed by atoms with E-state index in [0.29, 0.717) is 12.2 Å². The minimum atomic E-state index is -0.864. The molecule has 4 aromatic rings. The van der Waals surface area contributed by atoms with Gasteiger partial charge in [-0.1, -0.05) is 24.3 Å². The van der Waals surface area contributed by atoms with Gasteiger partial charge in [0.1, 0.15) is 0 Å². The first kappa shape index (κ1) is 16.8.